The van der Waals surface area contributed by atoms with Gasteiger partial charge in [0.1, 0.15) is 0 Å². The zero-order valence-corrected chi connectivity index (χ0v) is 12.9. The van der Waals surface area contributed by atoms with E-state index in [9.17, 15) is 4.79 Å². The van der Waals surface area contributed by atoms with Crippen molar-refractivity contribution in [1.82, 2.24) is 10.2 Å². The van der Waals surface area contributed by atoms with Crippen molar-refractivity contribution in [2.45, 2.75) is 0 Å². The van der Waals surface area contributed by atoms with Gasteiger partial charge >= 0.3 is 6.01 Å². The second-order valence-electron chi connectivity index (χ2n) is 4.91. The molecule has 0 atom stereocenters. The molecule has 1 aliphatic heterocycles. The molecule has 0 aliphatic carbocycles. The van der Waals surface area contributed by atoms with Crippen molar-refractivity contribution in [3.63, 3.8) is 0 Å². The maximum Gasteiger partial charge on any atom is 0.322 e. The molecule has 24 heavy (non-hydrogen) atoms. The molecule has 0 radical (unpaired) electrons. The zero-order chi connectivity index (χ0) is 16.5. The van der Waals surface area contributed by atoms with Crippen LogP contribution in [0.2, 0.25) is 5.02 Å². The molecular weight excluding hydrogens is 334 g/mol. The Hall–Kier alpha value is -3.06. The fourth-order valence-electron chi connectivity index (χ4n) is 2.23. The molecule has 0 spiro atoms. The number of rotatable bonds is 3. The molecule has 1 aromatic heterocycles. The molecule has 4 rings (SSSR count). The number of hydrogen-bond acceptors (Lipinski definition) is 6. The third-order valence-electron chi connectivity index (χ3n) is 3.38. The Morgan fingerprint density at radius 2 is 1.92 bits per heavy atom. The van der Waals surface area contributed by atoms with Gasteiger partial charge in [0.25, 0.3) is 5.91 Å². The summed E-state index contributed by atoms with van der Waals surface area (Å²) in [6, 6.07) is 11.9. The van der Waals surface area contributed by atoms with Crippen LogP contribution >= 0.6 is 11.6 Å². The van der Waals surface area contributed by atoms with Crippen molar-refractivity contribution in [1.29, 1.82) is 0 Å². The highest BCUT2D eigenvalue weighted by molar-refractivity contribution is 6.34. The maximum absolute atomic E-state index is 12.2. The van der Waals surface area contributed by atoms with E-state index in [2.05, 4.69) is 15.5 Å². The highest BCUT2D eigenvalue weighted by atomic mass is 35.5. The largest absolute Gasteiger partial charge is 0.454 e. The van der Waals surface area contributed by atoms with Crippen LogP contribution in [0.4, 0.5) is 6.01 Å². The molecule has 0 saturated carbocycles. The number of anilines is 1. The number of amides is 1. The van der Waals surface area contributed by atoms with Crippen LogP contribution in [-0.2, 0) is 0 Å². The number of ether oxygens (including phenoxy) is 2. The topological polar surface area (TPSA) is 86.5 Å². The van der Waals surface area contributed by atoms with Crippen molar-refractivity contribution in [2.75, 3.05) is 12.1 Å². The van der Waals surface area contributed by atoms with E-state index in [1.54, 1.807) is 42.5 Å². The van der Waals surface area contributed by atoms with Gasteiger partial charge in [-0.25, -0.2) is 0 Å². The van der Waals surface area contributed by atoms with Gasteiger partial charge in [-0.15, -0.1) is 5.10 Å². The lowest BCUT2D eigenvalue weighted by molar-refractivity contribution is 0.102. The molecule has 2 heterocycles. The predicted molar refractivity (Wildman–Crippen MR) is 85.3 cm³/mol. The molecule has 1 aliphatic rings. The summed E-state index contributed by atoms with van der Waals surface area (Å²) in [5.74, 6) is 1.09. The maximum atomic E-state index is 12.2. The molecule has 8 heteroatoms. The highest BCUT2D eigenvalue weighted by Crippen LogP contribution is 2.35. The summed E-state index contributed by atoms with van der Waals surface area (Å²) in [5.41, 5.74) is 0.979. The molecule has 7 nitrogen and oxygen atoms in total. The highest BCUT2D eigenvalue weighted by Gasteiger charge is 2.18. The van der Waals surface area contributed by atoms with Crippen LogP contribution in [0.3, 0.4) is 0 Å². The Balaban J connectivity index is 1.55. The first-order valence-corrected chi connectivity index (χ1v) is 7.38. The summed E-state index contributed by atoms with van der Waals surface area (Å²) in [6.45, 7) is 0.182. The van der Waals surface area contributed by atoms with E-state index in [1.807, 2.05) is 0 Å². The van der Waals surface area contributed by atoms with Gasteiger partial charge in [-0.2, -0.15) is 0 Å². The summed E-state index contributed by atoms with van der Waals surface area (Å²) >= 11 is 5.99. The minimum atomic E-state index is -0.429. The van der Waals surface area contributed by atoms with Crippen LogP contribution in [0.25, 0.3) is 11.5 Å². The van der Waals surface area contributed by atoms with E-state index in [0.717, 1.165) is 0 Å². The first kappa shape index (κ1) is 14.5. The summed E-state index contributed by atoms with van der Waals surface area (Å²) in [6.07, 6.45) is 0. The number of carbonyl (C=O) groups is 1. The third kappa shape index (κ3) is 2.65. The Morgan fingerprint density at radius 3 is 2.79 bits per heavy atom. The van der Waals surface area contributed by atoms with E-state index in [0.29, 0.717) is 27.6 Å². The summed E-state index contributed by atoms with van der Waals surface area (Å²) in [7, 11) is 0. The molecule has 1 amide bonds. The van der Waals surface area contributed by atoms with Crippen molar-refractivity contribution >= 4 is 23.5 Å². The molecule has 0 saturated heterocycles. The van der Waals surface area contributed by atoms with Crippen LogP contribution < -0.4 is 14.8 Å². The Bertz CT molecular complexity index is 925. The number of nitrogens with zero attached hydrogens (tertiary/aromatic N) is 2. The lowest BCUT2D eigenvalue weighted by atomic mass is 10.2. The van der Waals surface area contributed by atoms with E-state index >= 15 is 0 Å². The quantitative estimate of drug-likeness (QED) is 0.784. The summed E-state index contributed by atoms with van der Waals surface area (Å²) in [4.78, 5) is 12.2. The minimum Gasteiger partial charge on any atom is -0.454 e. The van der Waals surface area contributed by atoms with Gasteiger partial charge in [-0.1, -0.05) is 28.8 Å². The molecule has 0 fully saturated rings. The third-order valence-corrected chi connectivity index (χ3v) is 3.71. The lowest BCUT2D eigenvalue weighted by Gasteiger charge is -2.02. The number of fused-ring (bicyclic) bond motifs is 1. The van der Waals surface area contributed by atoms with Crippen LogP contribution in [0.15, 0.2) is 46.9 Å². The monoisotopic (exact) mass is 343 g/mol. The van der Waals surface area contributed by atoms with Crippen LogP contribution in [0.5, 0.6) is 11.5 Å². The van der Waals surface area contributed by atoms with Gasteiger partial charge in [0.15, 0.2) is 11.5 Å². The molecular formula is C16H10ClN3O4. The smallest absolute Gasteiger partial charge is 0.322 e. The first-order valence-electron chi connectivity index (χ1n) is 7.00. The van der Waals surface area contributed by atoms with Crippen molar-refractivity contribution in [3.8, 4) is 23.0 Å². The second kappa shape index (κ2) is 5.86. The Kier molecular flexibility index (Phi) is 3.55. The number of halogens is 1. The predicted octanol–water partition coefficient (Wildman–Crippen LogP) is 3.37. The fourth-order valence-corrected chi connectivity index (χ4v) is 2.45. The van der Waals surface area contributed by atoms with Crippen LogP contribution in [-0.4, -0.2) is 22.9 Å². The Morgan fingerprint density at radius 1 is 1.08 bits per heavy atom. The van der Waals surface area contributed by atoms with E-state index < -0.39 is 5.91 Å². The van der Waals surface area contributed by atoms with Gasteiger partial charge in [0, 0.05) is 5.56 Å². The molecule has 0 bridgehead atoms. The zero-order valence-electron chi connectivity index (χ0n) is 12.2. The number of hydrogen-bond donors (Lipinski definition) is 1. The Labute approximate surface area is 141 Å². The van der Waals surface area contributed by atoms with Gasteiger partial charge in [0.05, 0.1) is 10.6 Å². The van der Waals surface area contributed by atoms with Crippen molar-refractivity contribution in [2.24, 2.45) is 0 Å². The van der Waals surface area contributed by atoms with Gasteiger partial charge < -0.3 is 13.9 Å². The SMILES string of the molecule is O=C(Nc1nnc(-c2ccc3c(c2)OCO3)o1)c1ccccc1Cl. The molecule has 0 unspecified atom stereocenters. The number of carbonyl (C=O) groups excluding carboxylic acids is 1. The van der Waals surface area contributed by atoms with Gasteiger partial charge in [-0.05, 0) is 30.3 Å². The average Bonchev–Trinajstić information content (AvgIpc) is 3.23. The number of nitrogens with one attached hydrogen (secondary N) is 1. The second-order valence-corrected chi connectivity index (χ2v) is 5.32. The molecule has 1 N–H and O–H groups in total. The normalized spacial score (nSPS) is 12.2. The van der Waals surface area contributed by atoms with E-state index in [-0.39, 0.29) is 18.7 Å². The molecule has 2 aromatic carbocycles. The lowest BCUT2D eigenvalue weighted by Crippen LogP contribution is -2.12. The van der Waals surface area contributed by atoms with Gasteiger partial charge in [0.2, 0.25) is 12.7 Å². The van der Waals surface area contributed by atoms with Crippen molar-refractivity contribution < 1.29 is 18.7 Å². The summed E-state index contributed by atoms with van der Waals surface area (Å²) in [5, 5.41) is 10.6. The average molecular weight is 344 g/mol. The minimum absolute atomic E-state index is 0.0208. The molecule has 120 valence electrons. The van der Waals surface area contributed by atoms with Gasteiger partial charge in [-0.3, -0.25) is 10.1 Å². The van der Waals surface area contributed by atoms with Crippen molar-refractivity contribution in [3.05, 3.63) is 53.1 Å². The molecule has 3 aromatic rings. The van der Waals surface area contributed by atoms with Crippen LogP contribution in [0, 0.1) is 0 Å². The summed E-state index contributed by atoms with van der Waals surface area (Å²) < 4.78 is 16.0. The number of benzene rings is 2. The van der Waals surface area contributed by atoms with E-state index in [4.69, 9.17) is 25.5 Å². The fraction of sp³-hybridized carbons (Fsp3) is 0.0625. The standard InChI is InChI=1S/C16H10ClN3O4/c17-11-4-2-1-3-10(11)14(21)18-16-20-19-15(24-16)9-5-6-12-13(7-9)23-8-22-12/h1-7H,8H2,(H,18,20,21). The van der Waals surface area contributed by atoms with Crippen LogP contribution in [0.1, 0.15) is 10.4 Å². The first-order chi connectivity index (χ1) is 11.7. The van der Waals surface area contributed by atoms with E-state index in [1.165, 1.54) is 0 Å². The number of aromatic nitrogens is 2.